The van der Waals surface area contributed by atoms with Crippen LogP contribution in [0.5, 0.6) is 0 Å². The Kier molecular flexibility index (Phi) is 6.29. The molecule has 33 heavy (non-hydrogen) atoms. The molecule has 0 bridgehead atoms. The zero-order valence-electron chi connectivity index (χ0n) is 17.8. The molecule has 0 spiro atoms. The Labute approximate surface area is 203 Å². The summed E-state index contributed by atoms with van der Waals surface area (Å²) in [6, 6.07) is 10.7. The second kappa shape index (κ2) is 9.34. The number of carbonyl (C=O) groups excluding carboxylic acids is 1. The van der Waals surface area contributed by atoms with Crippen molar-refractivity contribution >= 4 is 50.8 Å². The van der Waals surface area contributed by atoms with Gasteiger partial charge in [0.2, 0.25) is 5.91 Å². The molecule has 0 aliphatic carbocycles. The molecular weight excluding hydrogens is 480 g/mol. The van der Waals surface area contributed by atoms with Gasteiger partial charge < -0.3 is 14.6 Å². The molecule has 170 valence electrons. The Morgan fingerprint density at radius 1 is 1.30 bits per heavy atom. The van der Waals surface area contributed by atoms with Crippen LogP contribution in [0.1, 0.15) is 16.2 Å². The number of hydrogen-bond acceptors (Lipinski definition) is 7. The van der Waals surface area contributed by atoms with E-state index in [0.717, 1.165) is 29.9 Å². The van der Waals surface area contributed by atoms with Crippen molar-refractivity contribution in [1.82, 2.24) is 19.8 Å². The van der Waals surface area contributed by atoms with Crippen LogP contribution in [0, 0.1) is 0 Å². The lowest BCUT2D eigenvalue weighted by Crippen LogP contribution is -2.28. The number of nitrogens with zero attached hydrogens (tertiary/aromatic N) is 3. The first-order chi connectivity index (χ1) is 16.0. The maximum absolute atomic E-state index is 13.7. The number of nitrogens with one attached hydrogen (secondary N) is 1. The summed E-state index contributed by atoms with van der Waals surface area (Å²) < 4.78 is 6.84. The SMILES string of the molecule is CN1CCc2c(sc3nc(SCC(=O)NCc4ccco4)n(-c4ccc(Cl)cc4)c(=O)c23)C1. The lowest BCUT2D eigenvalue weighted by atomic mass is 10.1. The number of benzene rings is 1. The predicted molar refractivity (Wildman–Crippen MR) is 132 cm³/mol. The fraction of sp³-hybridized carbons (Fsp3) is 0.261. The molecule has 0 saturated heterocycles. The van der Waals surface area contributed by atoms with Crippen molar-refractivity contribution in [2.75, 3.05) is 19.3 Å². The van der Waals surface area contributed by atoms with Gasteiger partial charge in [0.25, 0.3) is 5.56 Å². The minimum absolute atomic E-state index is 0.108. The number of thioether (sulfide) groups is 1. The summed E-state index contributed by atoms with van der Waals surface area (Å²) in [5, 5.41) is 4.58. The molecule has 4 aromatic rings. The molecule has 1 aliphatic rings. The highest BCUT2D eigenvalue weighted by Gasteiger charge is 2.24. The van der Waals surface area contributed by atoms with Gasteiger partial charge in [-0.25, -0.2) is 4.98 Å². The summed E-state index contributed by atoms with van der Waals surface area (Å²) >= 11 is 8.88. The van der Waals surface area contributed by atoms with E-state index in [9.17, 15) is 9.59 Å². The number of furan rings is 1. The highest BCUT2D eigenvalue weighted by molar-refractivity contribution is 7.99. The smallest absolute Gasteiger partial charge is 0.267 e. The van der Waals surface area contributed by atoms with Crippen LogP contribution in [0.25, 0.3) is 15.9 Å². The van der Waals surface area contributed by atoms with Gasteiger partial charge in [0, 0.05) is 23.0 Å². The Morgan fingerprint density at radius 2 is 2.12 bits per heavy atom. The van der Waals surface area contributed by atoms with Crippen molar-refractivity contribution in [3.63, 3.8) is 0 Å². The number of aromatic nitrogens is 2. The monoisotopic (exact) mass is 500 g/mol. The van der Waals surface area contributed by atoms with Crippen molar-refractivity contribution < 1.29 is 9.21 Å². The Hall–Kier alpha value is -2.59. The molecule has 0 fully saturated rings. The molecular formula is C23H21ClN4O3S2. The van der Waals surface area contributed by atoms with E-state index in [-0.39, 0.29) is 17.2 Å². The maximum Gasteiger partial charge on any atom is 0.267 e. The first-order valence-corrected chi connectivity index (χ1v) is 12.6. The van der Waals surface area contributed by atoms with Crippen LogP contribution in [-0.4, -0.2) is 39.7 Å². The lowest BCUT2D eigenvalue weighted by Gasteiger charge is -2.21. The van der Waals surface area contributed by atoms with Crippen molar-refractivity contribution in [3.05, 3.63) is 74.2 Å². The fourth-order valence-electron chi connectivity index (χ4n) is 3.85. The molecule has 7 nitrogen and oxygen atoms in total. The second-order valence-electron chi connectivity index (χ2n) is 7.83. The van der Waals surface area contributed by atoms with Gasteiger partial charge in [-0.1, -0.05) is 23.4 Å². The van der Waals surface area contributed by atoms with Gasteiger partial charge in [-0.05, 0) is 55.4 Å². The predicted octanol–water partition coefficient (Wildman–Crippen LogP) is 4.09. The average Bonchev–Trinajstić information content (AvgIpc) is 3.44. The van der Waals surface area contributed by atoms with Crippen molar-refractivity contribution in [3.8, 4) is 5.69 Å². The van der Waals surface area contributed by atoms with Crippen LogP contribution in [0.4, 0.5) is 0 Å². The number of hydrogen-bond donors (Lipinski definition) is 1. The van der Waals surface area contributed by atoms with Gasteiger partial charge in [-0.15, -0.1) is 11.3 Å². The van der Waals surface area contributed by atoms with Crippen LogP contribution in [-0.2, 0) is 24.3 Å². The standard InChI is InChI=1S/C23H21ClN4O3S2/c1-27-9-8-17-18(12-27)33-21-20(17)22(30)28(15-6-4-14(24)5-7-15)23(26-21)32-13-19(29)25-11-16-3-2-10-31-16/h2-7,10H,8-9,11-13H2,1H3,(H,25,29). The third-order valence-electron chi connectivity index (χ3n) is 5.49. The highest BCUT2D eigenvalue weighted by atomic mass is 35.5. The van der Waals surface area contributed by atoms with Gasteiger partial charge >= 0.3 is 0 Å². The molecule has 0 atom stereocenters. The van der Waals surface area contributed by atoms with Gasteiger partial charge in [0.05, 0.1) is 29.6 Å². The number of halogens is 1. The number of carbonyl (C=O) groups is 1. The Morgan fingerprint density at radius 3 is 2.88 bits per heavy atom. The minimum Gasteiger partial charge on any atom is -0.467 e. The van der Waals surface area contributed by atoms with E-state index in [1.165, 1.54) is 16.6 Å². The maximum atomic E-state index is 13.7. The van der Waals surface area contributed by atoms with E-state index in [2.05, 4.69) is 17.3 Å². The molecule has 1 aromatic carbocycles. The van der Waals surface area contributed by atoms with Crippen LogP contribution in [0.15, 0.2) is 57.0 Å². The molecule has 0 unspecified atom stereocenters. The number of likely N-dealkylation sites (N-methyl/N-ethyl adjacent to an activating group) is 1. The summed E-state index contributed by atoms with van der Waals surface area (Å²) in [6.07, 6.45) is 2.39. The quantitative estimate of drug-likeness (QED) is 0.317. The van der Waals surface area contributed by atoms with Gasteiger partial charge in [0.1, 0.15) is 10.6 Å². The molecule has 1 N–H and O–H groups in total. The van der Waals surface area contributed by atoms with Crippen LogP contribution >= 0.6 is 34.7 Å². The molecule has 4 heterocycles. The number of thiophene rings is 1. The zero-order chi connectivity index (χ0) is 22.9. The Balaban J connectivity index is 1.50. The summed E-state index contributed by atoms with van der Waals surface area (Å²) in [4.78, 5) is 35.2. The zero-order valence-corrected chi connectivity index (χ0v) is 20.2. The lowest BCUT2D eigenvalue weighted by molar-refractivity contribution is -0.118. The van der Waals surface area contributed by atoms with E-state index in [1.807, 2.05) is 0 Å². The minimum atomic E-state index is -0.166. The van der Waals surface area contributed by atoms with Gasteiger partial charge in [-0.3, -0.25) is 14.2 Å². The fourth-order valence-corrected chi connectivity index (χ4v) is 6.16. The first kappa shape index (κ1) is 22.2. The third kappa shape index (κ3) is 4.59. The van der Waals surface area contributed by atoms with Crippen molar-refractivity contribution in [2.24, 2.45) is 0 Å². The summed E-state index contributed by atoms with van der Waals surface area (Å²) in [5.74, 6) is 0.640. The van der Waals surface area contributed by atoms with E-state index >= 15 is 0 Å². The molecule has 1 aliphatic heterocycles. The first-order valence-electron chi connectivity index (χ1n) is 10.4. The molecule has 0 saturated carbocycles. The summed E-state index contributed by atoms with van der Waals surface area (Å²) in [6.45, 7) is 2.04. The number of rotatable bonds is 6. The molecule has 5 rings (SSSR count). The third-order valence-corrected chi connectivity index (χ3v) is 7.79. The average molecular weight is 501 g/mol. The van der Waals surface area contributed by atoms with E-state index in [0.29, 0.717) is 33.6 Å². The van der Waals surface area contributed by atoms with Crippen molar-refractivity contribution in [1.29, 1.82) is 0 Å². The largest absolute Gasteiger partial charge is 0.467 e. The van der Waals surface area contributed by atoms with Crippen LogP contribution in [0.2, 0.25) is 5.02 Å². The normalized spacial score (nSPS) is 13.9. The highest BCUT2D eigenvalue weighted by Crippen LogP contribution is 2.34. The van der Waals surface area contributed by atoms with E-state index in [1.54, 1.807) is 58.6 Å². The van der Waals surface area contributed by atoms with Gasteiger partial charge in [-0.2, -0.15) is 0 Å². The number of amides is 1. The molecule has 3 aromatic heterocycles. The van der Waals surface area contributed by atoms with E-state index in [4.69, 9.17) is 21.0 Å². The molecule has 1 amide bonds. The number of fused-ring (bicyclic) bond motifs is 3. The van der Waals surface area contributed by atoms with Crippen LogP contribution < -0.4 is 10.9 Å². The molecule has 10 heteroatoms. The van der Waals surface area contributed by atoms with Gasteiger partial charge in [0.15, 0.2) is 5.16 Å². The van der Waals surface area contributed by atoms with Crippen LogP contribution in [0.3, 0.4) is 0 Å². The van der Waals surface area contributed by atoms with E-state index < -0.39 is 0 Å². The molecule has 0 radical (unpaired) electrons. The summed E-state index contributed by atoms with van der Waals surface area (Å²) in [7, 11) is 2.08. The second-order valence-corrected chi connectivity index (χ2v) is 10.3. The summed E-state index contributed by atoms with van der Waals surface area (Å²) in [5.41, 5.74) is 1.66. The Bertz CT molecular complexity index is 1360. The van der Waals surface area contributed by atoms with Crippen molar-refractivity contribution in [2.45, 2.75) is 24.7 Å². The topological polar surface area (TPSA) is 80.4 Å².